The van der Waals surface area contributed by atoms with Crippen molar-refractivity contribution in [3.8, 4) is 0 Å². The average molecular weight is 351 g/mol. The Morgan fingerprint density at radius 1 is 1.26 bits per heavy atom. The van der Waals surface area contributed by atoms with Gasteiger partial charge in [-0.25, -0.2) is 0 Å². The van der Waals surface area contributed by atoms with Crippen molar-refractivity contribution in [3.05, 3.63) is 28.5 Å². The lowest BCUT2D eigenvalue weighted by atomic mass is 9.94. The maximum Gasteiger partial charge on any atom is 0.244 e. The Hall–Kier alpha value is -0.780. The first-order valence-corrected chi connectivity index (χ1v) is 10.7. The second-order valence-electron chi connectivity index (χ2n) is 6.46. The zero-order valence-corrected chi connectivity index (χ0v) is 15.2. The summed E-state index contributed by atoms with van der Waals surface area (Å²) >= 11 is 3.75. The second kappa shape index (κ2) is 8.90. The van der Waals surface area contributed by atoms with Crippen LogP contribution in [0.3, 0.4) is 0 Å². The minimum atomic E-state index is 0.0305. The van der Waals surface area contributed by atoms with Crippen LogP contribution in [0, 0.1) is 5.92 Å². The van der Waals surface area contributed by atoms with E-state index >= 15 is 0 Å². The Labute approximate surface area is 147 Å². The van der Waals surface area contributed by atoms with Gasteiger partial charge in [-0.05, 0) is 84.7 Å². The number of likely N-dealkylation sites (tertiary alicyclic amines) is 1. The Morgan fingerprint density at radius 2 is 2.04 bits per heavy atom. The quantitative estimate of drug-likeness (QED) is 0.825. The highest BCUT2D eigenvalue weighted by molar-refractivity contribution is 7.99. The highest BCUT2D eigenvalue weighted by Crippen LogP contribution is 2.26. The van der Waals surface area contributed by atoms with Crippen molar-refractivity contribution in [2.75, 3.05) is 31.1 Å². The van der Waals surface area contributed by atoms with Gasteiger partial charge in [0, 0.05) is 18.7 Å². The summed E-state index contributed by atoms with van der Waals surface area (Å²) in [6, 6.07) is 2.84. The Morgan fingerprint density at radius 3 is 2.74 bits per heavy atom. The van der Waals surface area contributed by atoms with Gasteiger partial charge >= 0.3 is 0 Å². The molecule has 0 unspecified atom stereocenters. The third kappa shape index (κ3) is 5.37. The van der Waals surface area contributed by atoms with Crippen LogP contribution in [0.5, 0.6) is 0 Å². The summed E-state index contributed by atoms with van der Waals surface area (Å²) < 4.78 is 0. The van der Waals surface area contributed by atoms with Gasteiger partial charge < -0.3 is 10.2 Å². The molecule has 1 N–H and O–H groups in total. The van der Waals surface area contributed by atoms with Crippen molar-refractivity contribution in [3.63, 3.8) is 0 Å². The van der Waals surface area contributed by atoms with Crippen LogP contribution in [0.4, 0.5) is 0 Å². The molecule has 1 aromatic heterocycles. The number of amides is 1. The Bertz CT molecular complexity index is 501. The van der Waals surface area contributed by atoms with E-state index in [0.717, 1.165) is 18.2 Å². The molecule has 0 bridgehead atoms. The van der Waals surface area contributed by atoms with Crippen molar-refractivity contribution >= 4 is 35.1 Å². The molecule has 5 heteroatoms. The van der Waals surface area contributed by atoms with Crippen LogP contribution in [-0.2, 0) is 4.79 Å². The minimum Gasteiger partial charge on any atom is -0.352 e. The molecule has 126 valence electrons. The molecule has 2 fully saturated rings. The van der Waals surface area contributed by atoms with Crippen LogP contribution in [0.15, 0.2) is 22.9 Å². The molecule has 3 heterocycles. The monoisotopic (exact) mass is 350 g/mol. The molecule has 2 aliphatic rings. The predicted molar refractivity (Wildman–Crippen MR) is 101 cm³/mol. The van der Waals surface area contributed by atoms with Crippen molar-refractivity contribution in [1.29, 1.82) is 0 Å². The highest BCUT2D eigenvalue weighted by atomic mass is 32.2. The van der Waals surface area contributed by atoms with Crippen molar-refractivity contribution < 1.29 is 4.79 Å². The zero-order valence-electron chi connectivity index (χ0n) is 13.6. The maximum absolute atomic E-state index is 11.9. The van der Waals surface area contributed by atoms with Crippen LogP contribution in [0.25, 0.3) is 6.08 Å². The van der Waals surface area contributed by atoms with Crippen molar-refractivity contribution in [1.82, 2.24) is 10.2 Å². The fraction of sp³-hybridized carbons (Fsp3) is 0.611. The summed E-state index contributed by atoms with van der Waals surface area (Å²) in [5, 5.41) is 7.13. The molecule has 2 saturated heterocycles. The predicted octanol–water partition coefficient (Wildman–Crippen LogP) is 3.49. The number of carbonyl (C=O) groups excluding carboxylic acids is 1. The normalized spacial score (nSPS) is 21.7. The van der Waals surface area contributed by atoms with Gasteiger partial charge in [-0.15, -0.1) is 0 Å². The zero-order chi connectivity index (χ0) is 15.9. The minimum absolute atomic E-state index is 0.0305. The summed E-state index contributed by atoms with van der Waals surface area (Å²) in [7, 11) is 0. The van der Waals surface area contributed by atoms with E-state index in [1.54, 1.807) is 17.4 Å². The number of carbonyl (C=O) groups is 1. The summed E-state index contributed by atoms with van der Waals surface area (Å²) in [5.41, 5.74) is 1.10. The summed E-state index contributed by atoms with van der Waals surface area (Å²) in [5.74, 6) is 3.33. The standard InChI is InChI=1S/C18H26N2OS2/c21-18(2-1-16-5-10-23-14-16)19-13-15-3-8-20(9-4-15)17-6-11-22-12-7-17/h1-2,5,10,14-15,17H,3-4,6-9,11-13H2,(H,19,21)/b2-1+. The van der Waals surface area contributed by atoms with E-state index in [2.05, 4.69) is 22.0 Å². The van der Waals surface area contributed by atoms with E-state index in [9.17, 15) is 4.79 Å². The van der Waals surface area contributed by atoms with Gasteiger partial charge in [0.2, 0.25) is 5.91 Å². The summed E-state index contributed by atoms with van der Waals surface area (Å²) in [6.07, 6.45) is 8.70. The summed E-state index contributed by atoms with van der Waals surface area (Å²) in [4.78, 5) is 14.6. The maximum atomic E-state index is 11.9. The van der Waals surface area contributed by atoms with Gasteiger partial charge in [-0.1, -0.05) is 0 Å². The van der Waals surface area contributed by atoms with Gasteiger partial charge in [0.15, 0.2) is 0 Å². The van der Waals surface area contributed by atoms with E-state index in [1.165, 1.54) is 50.3 Å². The fourth-order valence-electron chi connectivity index (χ4n) is 3.42. The average Bonchev–Trinajstić information content (AvgIpc) is 3.13. The van der Waals surface area contributed by atoms with E-state index in [-0.39, 0.29) is 5.91 Å². The lowest BCUT2D eigenvalue weighted by Crippen LogP contribution is -2.44. The highest BCUT2D eigenvalue weighted by Gasteiger charge is 2.26. The third-order valence-electron chi connectivity index (χ3n) is 4.89. The van der Waals surface area contributed by atoms with Crippen LogP contribution in [0.2, 0.25) is 0 Å². The number of nitrogens with one attached hydrogen (secondary N) is 1. The number of rotatable bonds is 5. The first-order chi connectivity index (χ1) is 11.3. The number of nitrogens with zero attached hydrogens (tertiary/aromatic N) is 1. The number of hydrogen-bond acceptors (Lipinski definition) is 4. The number of thioether (sulfide) groups is 1. The van der Waals surface area contributed by atoms with E-state index in [1.807, 2.05) is 22.9 Å². The summed E-state index contributed by atoms with van der Waals surface area (Å²) in [6.45, 7) is 3.24. The van der Waals surface area contributed by atoms with Crippen molar-refractivity contribution in [2.45, 2.75) is 31.7 Å². The lowest BCUT2D eigenvalue weighted by Gasteiger charge is -2.39. The number of hydrogen-bond donors (Lipinski definition) is 1. The molecule has 1 aromatic rings. The topological polar surface area (TPSA) is 32.3 Å². The number of piperidine rings is 1. The molecule has 1 amide bonds. The molecule has 3 nitrogen and oxygen atoms in total. The van der Waals surface area contributed by atoms with Crippen LogP contribution in [-0.4, -0.2) is 48.0 Å². The molecular formula is C18H26N2OS2. The van der Waals surface area contributed by atoms with Gasteiger partial charge in [-0.3, -0.25) is 4.79 Å². The molecule has 2 aliphatic heterocycles. The molecule has 0 atom stereocenters. The number of thiophene rings is 1. The molecular weight excluding hydrogens is 324 g/mol. The second-order valence-corrected chi connectivity index (χ2v) is 8.46. The van der Waals surface area contributed by atoms with Crippen LogP contribution < -0.4 is 5.32 Å². The van der Waals surface area contributed by atoms with Crippen molar-refractivity contribution in [2.24, 2.45) is 5.92 Å². The molecule has 3 rings (SSSR count). The molecule has 0 radical (unpaired) electrons. The van der Waals surface area contributed by atoms with Crippen LogP contribution in [0.1, 0.15) is 31.2 Å². The smallest absolute Gasteiger partial charge is 0.244 e. The first kappa shape index (κ1) is 17.1. The lowest BCUT2D eigenvalue weighted by molar-refractivity contribution is -0.116. The van der Waals surface area contributed by atoms with E-state index < -0.39 is 0 Å². The Kier molecular flexibility index (Phi) is 6.60. The Balaban J connectivity index is 1.35. The van der Waals surface area contributed by atoms with Gasteiger partial charge in [0.25, 0.3) is 0 Å². The fourth-order valence-corrected chi connectivity index (χ4v) is 5.13. The third-order valence-corrected chi connectivity index (χ3v) is 6.64. The van der Waals surface area contributed by atoms with E-state index in [4.69, 9.17) is 0 Å². The SMILES string of the molecule is O=C(/C=C/c1ccsc1)NCC1CCN(C2CCSCC2)CC1. The molecule has 0 saturated carbocycles. The molecule has 0 aromatic carbocycles. The van der Waals surface area contributed by atoms with Crippen LogP contribution >= 0.6 is 23.1 Å². The van der Waals surface area contributed by atoms with Gasteiger partial charge in [0.05, 0.1) is 0 Å². The van der Waals surface area contributed by atoms with E-state index in [0.29, 0.717) is 5.92 Å². The van der Waals surface area contributed by atoms with Gasteiger partial charge in [-0.2, -0.15) is 23.1 Å². The molecule has 0 aliphatic carbocycles. The first-order valence-electron chi connectivity index (χ1n) is 8.61. The molecule has 0 spiro atoms. The largest absolute Gasteiger partial charge is 0.352 e. The van der Waals surface area contributed by atoms with Gasteiger partial charge in [0.1, 0.15) is 0 Å². The molecule has 23 heavy (non-hydrogen) atoms.